The molecule has 1 N–H and O–H groups in total. The van der Waals surface area contributed by atoms with Gasteiger partial charge >= 0.3 is 0 Å². The van der Waals surface area contributed by atoms with Crippen molar-refractivity contribution in [1.82, 2.24) is 10.3 Å². The first kappa shape index (κ1) is 15.0. The number of nitrogens with zero attached hydrogens (tertiary/aromatic N) is 1. The Morgan fingerprint density at radius 2 is 2.17 bits per heavy atom. The van der Waals surface area contributed by atoms with Crippen molar-refractivity contribution in [2.24, 2.45) is 5.92 Å². The topological polar surface area (TPSA) is 42.0 Å². The Balaban J connectivity index is 2.59. The molecule has 3 nitrogen and oxygen atoms in total. The van der Waals surface area contributed by atoms with Crippen molar-refractivity contribution >= 4 is 17.5 Å². The monoisotopic (exact) mass is 268 g/mol. The van der Waals surface area contributed by atoms with Crippen LogP contribution >= 0.6 is 11.6 Å². The van der Waals surface area contributed by atoms with Gasteiger partial charge in [-0.05, 0) is 43.9 Å². The van der Waals surface area contributed by atoms with Gasteiger partial charge in [-0.25, -0.2) is 4.98 Å². The van der Waals surface area contributed by atoms with E-state index >= 15 is 0 Å². The van der Waals surface area contributed by atoms with Crippen LogP contribution in [0.4, 0.5) is 0 Å². The molecule has 100 valence electrons. The Labute approximate surface area is 114 Å². The highest BCUT2D eigenvalue weighted by Gasteiger charge is 2.11. The summed E-state index contributed by atoms with van der Waals surface area (Å²) in [6.45, 7) is 6.63. The molecule has 4 heteroatoms. The molecule has 0 fully saturated rings. The maximum Gasteiger partial charge on any atom is 0.269 e. The number of amides is 1. The van der Waals surface area contributed by atoms with Gasteiger partial charge in [-0.2, -0.15) is 0 Å². The molecule has 0 saturated carbocycles. The average Bonchev–Trinajstić information content (AvgIpc) is 2.32. The zero-order chi connectivity index (χ0) is 13.5. The second-order valence-electron chi connectivity index (χ2n) is 4.63. The molecule has 1 aromatic rings. The Bertz CT molecular complexity index is 387. The number of hydrogen-bond donors (Lipinski definition) is 1. The van der Waals surface area contributed by atoms with Crippen molar-refractivity contribution in [3.05, 3.63) is 29.1 Å². The minimum atomic E-state index is -0.102. The number of hydrogen-bond acceptors (Lipinski definition) is 2. The number of nitrogens with one attached hydrogen (secondary N) is 1. The number of aromatic nitrogens is 1. The Morgan fingerprint density at radius 3 is 2.72 bits per heavy atom. The van der Waals surface area contributed by atoms with Gasteiger partial charge in [0.15, 0.2) is 0 Å². The fourth-order valence-corrected chi connectivity index (χ4v) is 2.20. The molecule has 0 spiro atoms. The molecule has 1 amide bonds. The zero-order valence-corrected chi connectivity index (χ0v) is 12.0. The van der Waals surface area contributed by atoms with Crippen LogP contribution in [0.3, 0.4) is 0 Å². The number of alkyl halides is 1. The summed E-state index contributed by atoms with van der Waals surface area (Å²) in [4.78, 5) is 16.2. The van der Waals surface area contributed by atoms with Gasteiger partial charge in [0.05, 0.1) is 0 Å². The summed E-state index contributed by atoms with van der Waals surface area (Å²) in [7, 11) is 0. The fourth-order valence-electron chi connectivity index (χ4n) is 1.89. The molecule has 0 aliphatic rings. The van der Waals surface area contributed by atoms with Gasteiger partial charge in [0.25, 0.3) is 5.91 Å². The maximum absolute atomic E-state index is 12.0. The van der Waals surface area contributed by atoms with E-state index in [0.29, 0.717) is 24.0 Å². The lowest BCUT2D eigenvalue weighted by molar-refractivity contribution is 0.0941. The van der Waals surface area contributed by atoms with Gasteiger partial charge in [0, 0.05) is 18.1 Å². The number of halogens is 1. The molecular formula is C14H21ClN2O. The van der Waals surface area contributed by atoms with Crippen LogP contribution in [0.1, 0.15) is 41.5 Å². The third-order valence-corrected chi connectivity index (χ3v) is 3.19. The zero-order valence-electron chi connectivity index (χ0n) is 11.3. The van der Waals surface area contributed by atoms with Crippen molar-refractivity contribution < 1.29 is 4.79 Å². The van der Waals surface area contributed by atoms with E-state index in [2.05, 4.69) is 17.2 Å². The fraction of sp³-hybridized carbons (Fsp3) is 0.571. The Morgan fingerprint density at radius 1 is 1.44 bits per heavy atom. The standard InChI is InChI=1S/C14H21ClN2O/c1-4-12(5-6-15)9-16-14(18)13-8-10(2)7-11(3)17-13/h7-8,12H,4-6,9H2,1-3H3,(H,16,18). The predicted molar refractivity (Wildman–Crippen MR) is 75.2 cm³/mol. The van der Waals surface area contributed by atoms with Crippen molar-refractivity contribution in [3.8, 4) is 0 Å². The number of carbonyl (C=O) groups is 1. The van der Waals surface area contributed by atoms with E-state index in [9.17, 15) is 4.79 Å². The Hall–Kier alpha value is -1.09. The normalized spacial score (nSPS) is 12.2. The quantitative estimate of drug-likeness (QED) is 0.806. The molecule has 1 atom stereocenters. The van der Waals surface area contributed by atoms with Gasteiger partial charge < -0.3 is 5.32 Å². The SMILES string of the molecule is CCC(CCCl)CNC(=O)c1cc(C)cc(C)n1. The highest BCUT2D eigenvalue weighted by Crippen LogP contribution is 2.09. The van der Waals surface area contributed by atoms with E-state index in [-0.39, 0.29) is 5.91 Å². The first-order valence-corrected chi connectivity index (χ1v) is 6.89. The van der Waals surface area contributed by atoms with Crippen LogP contribution in [0.2, 0.25) is 0 Å². The molecule has 1 heterocycles. The summed E-state index contributed by atoms with van der Waals surface area (Å²) in [5.74, 6) is 0.975. The van der Waals surface area contributed by atoms with E-state index in [4.69, 9.17) is 11.6 Å². The number of aryl methyl sites for hydroxylation is 2. The van der Waals surface area contributed by atoms with Gasteiger partial charge in [-0.15, -0.1) is 11.6 Å². The second kappa shape index (κ2) is 7.37. The van der Waals surface area contributed by atoms with Crippen LogP contribution in [0.5, 0.6) is 0 Å². The van der Waals surface area contributed by atoms with Gasteiger partial charge in [-0.3, -0.25) is 4.79 Å². The molecular weight excluding hydrogens is 248 g/mol. The molecule has 0 aromatic carbocycles. The van der Waals surface area contributed by atoms with Crippen LogP contribution < -0.4 is 5.32 Å². The summed E-state index contributed by atoms with van der Waals surface area (Å²) in [6.07, 6.45) is 1.95. The highest BCUT2D eigenvalue weighted by atomic mass is 35.5. The van der Waals surface area contributed by atoms with Gasteiger partial charge in [0.1, 0.15) is 5.69 Å². The number of pyridine rings is 1. The summed E-state index contributed by atoms with van der Waals surface area (Å²) >= 11 is 5.72. The van der Waals surface area contributed by atoms with E-state index in [1.165, 1.54) is 0 Å². The van der Waals surface area contributed by atoms with Gasteiger partial charge in [-0.1, -0.05) is 13.3 Å². The lowest BCUT2D eigenvalue weighted by Crippen LogP contribution is -2.30. The summed E-state index contributed by atoms with van der Waals surface area (Å²) in [5.41, 5.74) is 2.42. The minimum absolute atomic E-state index is 0.102. The van der Waals surface area contributed by atoms with E-state index in [1.807, 2.05) is 26.0 Å². The largest absolute Gasteiger partial charge is 0.350 e. The summed E-state index contributed by atoms with van der Waals surface area (Å²) in [5, 5.41) is 2.93. The van der Waals surface area contributed by atoms with Crippen molar-refractivity contribution in [2.45, 2.75) is 33.6 Å². The first-order chi connectivity index (χ1) is 8.56. The molecule has 1 aromatic heterocycles. The average molecular weight is 269 g/mol. The third kappa shape index (κ3) is 4.65. The number of carbonyl (C=O) groups excluding carboxylic acids is 1. The molecule has 18 heavy (non-hydrogen) atoms. The van der Waals surface area contributed by atoms with Crippen molar-refractivity contribution in [2.75, 3.05) is 12.4 Å². The molecule has 0 aliphatic carbocycles. The van der Waals surface area contributed by atoms with E-state index in [0.717, 1.165) is 24.1 Å². The van der Waals surface area contributed by atoms with Crippen LogP contribution in [-0.4, -0.2) is 23.3 Å². The van der Waals surface area contributed by atoms with Crippen LogP contribution in [0.25, 0.3) is 0 Å². The third-order valence-electron chi connectivity index (χ3n) is 2.98. The second-order valence-corrected chi connectivity index (χ2v) is 5.01. The molecule has 0 bridgehead atoms. The molecule has 1 rings (SSSR count). The predicted octanol–water partition coefficient (Wildman–Crippen LogP) is 3.08. The van der Waals surface area contributed by atoms with Crippen LogP contribution in [-0.2, 0) is 0 Å². The molecule has 0 radical (unpaired) electrons. The van der Waals surface area contributed by atoms with Gasteiger partial charge in [0.2, 0.25) is 0 Å². The first-order valence-electron chi connectivity index (χ1n) is 6.36. The van der Waals surface area contributed by atoms with E-state index in [1.54, 1.807) is 0 Å². The smallest absolute Gasteiger partial charge is 0.269 e. The molecule has 1 unspecified atom stereocenters. The summed E-state index contributed by atoms with van der Waals surface area (Å²) < 4.78 is 0. The lowest BCUT2D eigenvalue weighted by atomic mass is 10.0. The maximum atomic E-state index is 12.0. The van der Waals surface area contributed by atoms with Crippen molar-refractivity contribution in [3.63, 3.8) is 0 Å². The molecule has 0 aliphatic heterocycles. The highest BCUT2D eigenvalue weighted by molar-refractivity contribution is 6.17. The number of rotatable bonds is 6. The van der Waals surface area contributed by atoms with E-state index < -0.39 is 0 Å². The Kier molecular flexibility index (Phi) is 6.13. The van der Waals surface area contributed by atoms with Crippen LogP contribution in [0, 0.1) is 19.8 Å². The van der Waals surface area contributed by atoms with Crippen molar-refractivity contribution in [1.29, 1.82) is 0 Å². The molecule has 0 saturated heterocycles. The van der Waals surface area contributed by atoms with Crippen LogP contribution in [0.15, 0.2) is 12.1 Å². The minimum Gasteiger partial charge on any atom is -0.350 e. The summed E-state index contributed by atoms with van der Waals surface area (Å²) in [6, 6.07) is 3.77. The lowest BCUT2D eigenvalue weighted by Gasteiger charge is -2.14.